The van der Waals surface area contributed by atoms with Gasteiger partial charge in [0.1, 0.15) is 5.78 Å². The Bertz CT molecular complexity index is 673. The molecule has 3 heteroatoms. The van der Waals surface area contributed by atoms with Gasteiger partial charge >= 0.3 is 0 Å². The third kappa shape index (κ3) is 1.66. The average molecular weight is 268 g/mol. The molecule has 2 unspecified atom stereocenters. The molecule has 104 valence electrons. The molecule has 0 saturated carbocycles. The molecular formula is C17H20N2O. The summed E-state index contributed by atoms with van der Waals surface area (Å²) in [4.78, 5) is 18.3. The van der Waals surface area contributed by atoms with E-state index in [2.05, 4.69) is 41.1 Å². The first-order valence-electron chi connectivity index (χ1n) is 7.64. The van der Waals surface area contributed by atoms with Gasteiger partial charge in [-0.3, -0.25) is 9.69 Å². The number of aromatic amines is 1. The van der Waals surface area contributed by atoms with E-state index in [1.807, 2.05) is 0 Å². The number of H-pyrrole nitrogens is 1. The summed E-state index contributed by atoms with van der Waals surface area (Å²) in [5.74, 6) is 0.692. The van der Waals surface area contributed by atoms with E-state index in [1.54, 1.807) is 0 Å². The number of carbonyl (C=O) groups excluding carboxylic acids is 1. The normalized spacial score (nSPS) is 26.6. The maximum Gasteiger partial charge on any atom is 0.139 e. The number of ketones is 1. The molecule has 0 radical (unpaired) electrons. The molecule has 1 aromatic carbocycles. The average Bonchev–Trinajstić information content (AvgIpc) is 2.85. The number of carbonyl (C=O) groups is 1. The molecule has 2 aromatic rings. The quantitative estimate of drug-likeness (QED) is 0.863. The lowest BCUT2D eigenvalue weighted by molar-refractivity contribution is -0.128. The summed E-state index contributed by atoms with van der Waals surface area (Å²) in [6.07, 6.45) is 2.75. The molecule has 0 aliphatic carbocycles. The largest absolute Gasteiger partial charge is 0.357 e. The molecule has 0 bridgehead atoms. The van der Waals surface area contributed by atoms with Gasteiger partial charge in [0.15, 0.2) is 0 Å². The van der Waals surface area contributed by atoms with Crippen molar-refractivity contribution in [2.75, 3.05) is 13.1 Å². The fraction of sp³-hybridized carbons (Fsp3) is 0.471. The first kappa shape index (κ1) is 12.2. The molecule has 1 N–H and O–H groups in total. The Morgan fingerprint density at radius 1 is 1.35 bits per heavy atom. The number of hydrogen-bond donors (Lipinski definition) is 1. The summed E-state index contributed by atoms with van der Waals surface area (Å²) in [5.41, 5.74) is 3.94. The molecule has 1 aromatic heterocycles. The molecule has 3 nitrogen and oxygen atoms in total. The summed E-state index contributed by atoms with van der Waals surface area (Å²) in [5, 5.41) is 1.34. The number of hydrogen-bond acceptors (Lipinski definition) is 2. The molecule has 20 heavy (non-hydrogen) atoms. The van der Waals surface area contributed by atoms with Crippen LogP contribution in [0.2, 0.25) is 0 Å². The van der Waals surface area contributed by atoms with Crippen molar-refractivity contribution in [1.29, 1.82) is 0 Å². The lowest BCUT2D eigenvalue weighted by Gasteiger charge is -2.41. The zero-order valence-electron chi connectivity index (χ0n) is 11.9. The van der Waals surface area contributed by atoms with Crippen LogP contribution in [0.1, 0.15) is 37.1 Å². The highest BCUT2D eigenvalue weighted by molar-refractivity contribution is 5.87. The van der Waals surface area contributed by atoms with Crippen molar-refractivity contribution < 1.29 is 4.79 Å². The SMILES string of the molecule is CCC1CN2CCc3c([nH]c4ccccc34)C2CC1=O. The first-order chi connectivity index (χ1) is 9.78. The van der Waals surface area contributed by atoms with Gasteiger partial charge in [-0.2, -0.15) is 0 Å². The number of rotatable bonds is 1. The van der Waals surface area contributed by atoms with Crippen LogP contribution < -0.4 is 0 Å². The minimum atomic E-state index is 0.247. The number of nitrogens with zero attached hydrogens (tertiary/aromatic N) is 1. The molecule has 2 atom stereocenters. The smallest absolute Gasteiger partial charge is 0.139 e. The van der Waals surface area contributed by atoms with Crippen molar-refractivity contribution in [3.63, 3.8) is 0 Å². The summed E-state index contributed by atoms with van der Waals surface area (Å²) in [7, 11) is 0. The zero-order valence-corrected chi connectivity index (χ0v) is 11.9. The standard InChI is InChI=1S/C17H20N2O/c1-2-11-10-19-8-7-13-12-5-3-4-6-14(12)18-17(13)15(19)9-16(11)20/h3-6,11,15,18H,2,7-10H2,1H3. The Morgan fingerprint density at radius 2 is 2.20 bits per heavy atom. The van der Waals surface area contributed by atoms with Gasteiger partial charge in [-0.05, 0) is 24.5 Å². The van der Waals surface area contributed by atoms with Crippen LogP contribution in [-0.2, 0) is 11.2 Å². The summed E-state index contributed by atoms with van der Waals surface area (Å²) in [6, 6.07) is 8.78. The minimum Gasteiger partial charge on any atom is -0.357 e. The van der Waals surface area contributed by atoms with E-state index in [1.165, 1.54) is 22.2 Å². The number of fused-ring (bicyclic) bond motifs is 5. The number of piperidine rings is 1. The third-order valence-electron chi connectivity index (χ3n) is 5.07. The number of para-hydroxylation sites is 1. The highest BCUT2D eigenvalue weighted by Gasteiger charge is 2.38. The second kappa shape index (κ2) is 4.45. The summed E-state index contributed by atoms with van der Waals surface area (Å²) >= 11 is 0. The Balaban J connectivity index is 1.78. The molecule has 2 aliphatic heterocycles. The summed E-state index contributed by atoms with van der Waals surface area (Å²) in [6.45, 7) is 4.15. The van der Waals surface area contributed by atoms with Gasteiger partial charge < -0.3 is 4.98 Å². The van der Waals surface area contributed by atoms with E-state index in [4.69, 9.17) is 0 Å². The van der Waals surface area contributed by atoms with Gasteiger partial charge in [0.25, 0.3) is 0 Å². The fourth-order valence-corrected chi connectivity index (χ4v) is 3.92. The van der Waals surface area contributed by atoms with Crippen LogP contribution in [-0.4, -0.2) is 28.8 Å². The Labute approximate surface area is 119 Å². The number of Topliss-reactive ketones (excluding diaryl/α,β-unsaturated/α-hetero) is 1. The number of nitrogens with one attached hydrogen (secondary N) is 1. The lowest BCUT2D eigenvalue weighted by atomic mass is 9.84. The van der Waals surface area contributed by atoms with Crippen molar-refractivity contribution in [3.8, 4) is 0 Å². The van der Waals surface area contributed by atoms with Crippen LogP contribution >= 0.6 is 0 Å². The van der Waals surface area contributed by atoms with Gasteiger partial charge in [-0.15, -0.1) is 0 Å². The third-order valence-corrected chi connectivity index (χ3v) is 5.07. The molecule has 0 amide bonds. The Hall–Kier alpha value is -1.61. The highest BCUT2D eigenvalue weighted by atomic mass is 16.1. The van der Waals surface area contributed by atoms with Gasteiger partial charge in [0.2, 0.25) is 0 Å². The molecule has 1 saturated heterocycles. The molecule has 2 aliphatic rings. The zero-order chi connectivity index (χ0) is 13.7. The lowest BCUT2D eigenvalue weighted by Crippen LogP contribution is -2.46. The second-order valence-corrected chi connectivity index (χ2v) is 6.10. The van der Waals surface area contributed by atoms with E-state index >= 15 is 0 Å². The van der Waals surface area contributed by atoms with Crippen molar-refractivity contribution in [3.05, 3.63) is 35.5 Å². The van der Waals surface area contributed by atoms with Crippen LogP contribution in [0.25, 0.3) is 10.9 Å². The topological polar surface area (TPSA) is 36.1 Å². The Morgan fingerprint density at radius 3 is 3.05 bits per heavy atom. The van der Waals surface area contributed by atoms with E-state index in [9.17, 15) is 4.79 Å². The monoisotopic (exact) mass is 268 g/mol. The van der Waals surface area contributed by atoms with Crippen LogP contribution in [0, 0.1) is 5.92 Å². The van der Waals surface area contributed by atoms with Gasteiger partial charge in [-0.25, -0.2) is 0 Å². The maximum atomic E-state index is 12.3. The second-order valence-electron chi connectivity index (χ2n) is 6.10. The van der Waals surface area contributed by atoms with Crippen molar-refractivity contribution >= 4 is 16.7 Å². The van der Waals surface area contributed by atoms with Crippen LogP contribution in [0.5, 0.6) is 0 Å². The fourth-order valence-electron chi connectivity index (χ4n) is 3.92. The predicted molar refractivity (Wildman–Crippen MR) is 79.7 cm³/mol. The molecule has 3 heterocycles. The number of benzene rings is 1. The van der Waals surface area contributed by atoms with E-state index in [-0.39, 0.29) is 12.0 Å². The minimum absolute atomic E-state index is 0.247. The number of aromatic nitrogens is 1. The van der Waals surface area contributed by atoms with Crippen molar-refractivity contribution in [1.82, 2.24) is 9.88 Å². The van der Waals surface area contributed by atoms with E-state index in [0.717, 1.165) is 25.9 Å². The predicted octanol–water partition coefficient (Wildman–Crippen LogP) is 3.07. The van der Waals surface area contributed by atoms with E-state index in [0.29, 0.717) is 12.2 Å². The Kier molecular flexibility index (Phi) is 2.71. The van der Waals surface area contributed by atoms with Crippen LogP contribution in [0.15, 0.2) is 24.3 Å². The maximum absolute atomic E-state index is 12.3. The van der Waals surface area contributed by atoms with Crippen molar-refractivity contribution in [2.45, 2.75) is 32.2 Å². The van der Waals surface area contributed by atoms with Crippen LogP contribution in [0.4, 0.5) is 0 Å². The van der Waals surface area contributed by atoms with Gasteiger partial charge in [0.05, 0.1) is 6.04 Å². The molecular weight excluding hydrogens is 248 g/mol. The molecule has 4 rings (SSSR count). The molecule has 0 spiro atoms. The van der Waals surface area contributed by atoms with Crippen molar-refractivity contribution in [2.24, 2.45) is 5.92 Å². The summed E-state index contributed by atoms with van der Waals surface area (Å²) < 4.78 is 0. The van der Waals surface area contributed by atoms with Gasteiger partial charge in [0, 0.05) is 42.0 Å². The first-order valence-corrected chi connectivity index (χ1v) is 7.64. The highest BCUT2D eigenvalue weighted by Crippen LogP contribution is 2.39. The van der Waals surface area contributed by atoms with Gasteiger partial charge in [-0.1, -0.05) is 25.1 Å². The van der Waals surface area contributed by atoms with Crippen LogP contribution in [0.3, 0.4) is 0 Å². The van der Waals surface area contributed by atoms with E-state index < -0.39 is 0 Å². The molecule has 1 fully saturated rings.